The topological polar surface area (TPSA) is 41.5 Å². The van der Waals surface area contributed by atoms with Crippen molar-refractivity contribution in [1.29, 1.82) is 0 Å². The van der Waals surface area contributed by atoms with E-state index in [0.29, 0.717) is 11.8 Å². The largest absolute Gasteiger partial charge is 0.508 e. The average Bonchev–Trinajstić information content (AvgIpc) is 2.30. The number of aromatic hydroxyl groups is 1. The van der Waals surface area contributed by atoms with Crippen molar-refractivity contribution in [3.63, 3.8) is 0 Å². The van der Waals surface area contributed by atoms with E-state index in [1.807, 2.05) is 18.2 Å². The van der Waals surface area contributed by atoms with Crippen LogP contribution in [0.5, 0.6) is 5.75 Å². The molecule has 1 aromatic rings. The highest BCUT2D eigenvalue weighted by Crippen LogP contribution is 2.19. The molecule has 1 atom stereocenters. The Morgan fingerprint density at radius 3 is 2.81 bits per heavy atom. The van der Waals surface area contributed by atoms with Crippen LogP contribution in [0.4, 0.5) is 0 Å². The molecule has 16 heavy (non-hydrogen) atoms. The highest BCUT2D eigenvalue weighted by atomic mass is 16.5. The molecule has 1 unspecified atom stereocenters. The van der Waals surface area contributed by atoms with Crippen LogP contribution in [0.15, 0.2) is 24.3 Å². The molecule has 1 saturated heterocycles. The number of benzene rings is 1. The number of phenolic OH excluding ortho intramolecular Hbond substituents is 1. The number of ether oxygens (including phenoxy) is 1. The van der Waals surface area contributed by atoms with Crippen LogP contribution in [0, 0.1) is 0 Å². The first kappa shape index (κ1) is 11.4. The Morgan fingerprint density at radius 1 is 1.38 bits per heavy atom. The second-order valence-corrected chi connectivity index (χ2v) is 4.37. The van der Waals surface area contributed by atoms with Gasteiger partial charge in [-0.15, -0.1) is 0 Å². The zero-order chi connectivity index (χ0) is 11.4. The second-order valence-electron chi connectivity index (χ2n) is 4.37. The van der Waals surface area contributed by atoms with Crippen LogP contribution in [0.25, 0.3) is 0 Å². The van der Waals surface area contributed by atoms with Gasteiger partial charge in [0.2, 0.25) is 0 Å². The number of rotatable bonds is 3. The van der Waals surface area contributed by atoms with Crippen molar-refractivity contribution >= 4 is 0 Å². The Labute approximate surface area is 96.4 Å². The predicted octanol–water partition coefficient (Wildman–Crippen LogP) is 2.22. The van der Waals surface area contributed by atoms with E-state index in [-0.39, 0.29) is 6.04 Å². The number of hydrogen-bond acceptors (Lipinski definition) is 3. The van der Waals surface area contributed by atoms with Gasteiger partial charge in [0.1, 0.15) is 5.75 Å². The first-order chi connectivity index (χ1) is 7.75. The summed E-state index contributed by atoms with van der Waals surface area (Å²) in [5, 5.41) is 13.0. The molecule has 0 aromatic heterocycles. The minimum absolute atomic E-state index is 0.273. The summed E-state index contributed by atoms with van der Waals surface area (Å²) in [7, 11) is 0. The molecule has 1 aliphatic rings. The molecule has 0 amide bonds. The van der Waals surface area contributed by atoms with Crippen molar-refractivity contribution in [3.8, 4) is 5.75 Å². The standard InChI is InChI=1S/C13H19NO2/c1-10(11-3-2-4-13(15)9-11)14-12-5-7-16-8-6-12/h2-4,9-10,12,14-15H,5-8H2,1H3. The third-order valence-corrected chi connectivity index (χ3v) is 3.08. The van der Waals surface area contributed by atoms with Crippen molar-refractivity contribution in [2.24, 2.45) is 0 Å². The van der Waals surface area contributed by atoms with Gasteiger partial charge in [-0.25, -0.2) is 0 Å². The summed E-state index contributed by atoms with van der Waals surface area (Å²) in [5.74, 6) is 0.332. The fraction of sp³-hybridized carbons (Fsp3) is 0.538. The van der Waals surface area contributed by atoms with Crippen LogP contribution in [-0.4, -0.2) is 24.4 Å². The first-order valence-corrected chi connectivity index (χ1v) is 5.88. The van der Waals surface area contributed by atoms with E-state index in [1.165, 1.54) is 0 Å². The van der Waals surface area contributed by atoms with E-state index >= 15 is 0 Å². The summed E-state index contributed by atoms with van der Waals surface area (Å²) in [6.07, 6.45) is 2.15. The van der Waals surface area contributed by atoms with Crippen LogP contribution < -0.4 is 5.32 Å². The van der Waals surface area contributed by atoms with Gasteiger partial charge in [0.15, 0.2) is 0 Å². The predicted molar refractivity (Wildman–Crippen MR) is 63.5 cm³/mol. The monoisotopic (exact) mass is 221 g/mol. The van der Waals surface area contributed by atoms with Crippen LogP contribution in [0.1, 0.15) is 31.4 Å². The SMILES string of the molecule is CC(NC1CCOCC1)c1cccc(O)c1. The van der Waals surface area contributed by atoms with Crippen LogP contribution in [-0.2, 0) is 4.74 Å². The third kappa shape index (κ3) is 2.97. The molecule has 1 aromatic carbocycles. The normalized spacial score (nSPS) is 19.6. The Morgan fingerprint density at radius 2 is 2.12 bits per heavy atom. The molecule has 0 radical (unpaired) electrons. The van der Waals surface area contributed by atoms with Gasteiger partial charge >= 0.3 is 0 Å². The van der Waals surface area contributed by atoms with E-state index < -0.39 is 0 Å². The Hall–Kier alpha value is -1.06. The Balaban J connectivity index is 1.94. The third-order valence-electron chi connectivity index (χ3n) is 3.08. The van der Waals surface area contributed by atoms with Gasteiger partial charge in [-0.2, -0.15) is 0 Å². The number of phenols is 1. The molecule has 0 bridgehead atoms. The van der Waals surface area contributed by atoms with Gasteiger partial charge in [0.05, 0.1) is 0 Å². The summed E-state index contributed by atoms with van der Waals surface area (Å²) >= 11 is 0. The van der Waals surface area contributed by atoms with Crippen LogP contribution >= 0.6 is 0 Å². The van der Waals surface area contributed by atoms with E-state index in [0.717, 1.165) is 31.6 Å². The Kier molecular flexibility index (Phi) is 3.80. The Bertz CT molecular complexity index is 334. The molecule has 2 rings (SSSR count). The molecule has 88 valence electrons. The lowest BCUT2D eigenvalue weighted by molar-refractivity contribution is 0.0754. The average molecular weight is 221 g/mol. The van der Waals surface area contributed by atoms with Crippen molar-refractivity contribution in [2.75, 3.05) is 13.2 Å². The van der Waals surface area contributed by atoms with Gasteiger partial charge in [0, 0.05) is 25.3 Å². The summed E-state index contributed by atoms with van der Waals surface area (Å²) in [4.78, 5) is 0. The first-order valence-electron chi connectivity index (χ1n) is 5.88. The second kappa shape index (κ2) is 5.32. The fourth-order valence-electron chi connectivity index (χ4n) is 2.11. The summed E-state index contributed by atoms with van der Waals surface area (Å²) in [5.41, 5.74) is 1.13. The lowest BCUT2D eigenvalue weighted by atomic mass is 10.0. The zero-order valence-electron chi connectivity index (χ0n) is 9.65. The van der Waals surface area contributed by atoms with Gasteiger partial charge < -0.3 is 15.2 Å². The van der Waals surface area contributed by atoms with Gasteiger partial charge in [-0.05, 0) is 37.5 Å². The van der Waals surface area contributed by atoms with Gasteiger partial charge in [-0.1, -0.05) is 12.1 Å². The fourth-order valence-corrected chi connectivity index (χ4v) is 2.11. The van der Waals surface area contributed by atoms with Crippen LogP contribution in [0.2, 0.25) is 0 Å². The van der Waals surface area contributed by atoms with E-state index in [4.69, 9.17) is 4.74 Å². The number of hydrogen-bond donors (Lipinski definition) is 2. The van der Waals surface area contributed by atoms with Gasteiger partial charge in [-0.3, -0.25) is 0 Å². The molecule has 1 aliphatic heterocycles. The quantitative estimate of drug-likeness (QED) is 0.822. The van der Waals surface area contributed by atoms with Crippen molar-refractivity contribution < 1.29 is 9.84 Å². The van der Waals surface area contributed by atoms with Crippen LogP contribution in [0.3, 0.4) is 0 Å². The molecule has 3 heteroatoms. The molecule has 1 fully saturated rings. The molecule has 3 nitrogen and oxygen atoms in total. The molecule has 0 saturated carbocycles. The molecule has 0 spiro atoms. The van der Waals surface area contributed by atoms with E-state index in [9.17, 15) is 5.11 Å². The maximum Gasteiger partial charge on any atom is 0.115 e. The molecule has 2 N–H and O–H groups in total. The summed E-state index contributed by atoms with van der Waals surface area (Å²) < 4.78 is 5.33. The maximum absolute atomic E-state index is 9.42. The van der Waals surface area contributed by atoms with Crippen molar-refractivity contribution in [3.05, 3.63) is 29.8 Å². The summed E-state index contributed by atoms with van der Waals surface area (Å²) in [6.45, 7) is 3.83. The van der Waals surface area contributed by atoms with Crippen molar-refractivity contribution in [2.45, 2.75) is 31.8 Å². The minimum Gasteiger partial charge on any atom is -0.508 e. The smallest absolute Gasteiger partial charge is 0.115 e. The molecule has 0 aliphatic carbocycles. The van der Waals surface area contributed by atoms with E-state index in [1.54, 1.807) is 6.07 Å². The molecular formula is C13H19NO2. The van der Waals surface area contributed by atoms with Crippen molar-refractivity contribution in [1.82, 2.24) is 5.32 Å². The molecular weight excluding hydrogens is 202 g/mol. The summed E-state index contributed by atoms with van der Waals surface area (Å²) in [6, 6.07) is 8.24. The zero-order valence-corrected chi connectivity index (χ0v) is 9.65. The maximum atomic E-state index is 9.42. The molecule has 1 heterocycles. The minimum atomic E-state index is 0.273. The lowest BCUT2D eigenvalue weighted by Gasteiger charge is -2.27. The lowest BCUT2D eigenvalue weighted by Crippen LogP contribution is -2.36. The van der Waals surface area contributed by atoms with E-state index in [2.05, 4.69) is 12.2 Å². The number of nitrogens with one attached hydrogen (secondary N) is 1. The highest BCUT2D eigenvalue weighted by molar-refractivity contribution is 5.29. The van der Waals surface area contributed by atoms with Gasteiger partial charge in [0.25, 0.3) is 0 Å². The highest BCUT2D eigenvalue weighted by Gasteiger charge is 2.16.